The highest BCUT2D eigenvalue weighted by Gasteiger charge is 2.15. The molecule has 6 N–H and O–H groups in total. The maximum absolute atomic E-state index is 11.9. The van der Waals surface area contributed by atoms with Gasteiger partial charge in [0.15, 0.2) is 0 Å². The zero-order valence-electron chi connectivity index (χ0n) is 12.2. The van der Waals surface area contributed by atoms with Crippen LogP contribution in [0, 0.1) is 0 Å². The van der Waals surface area contributed by atoms with Gasteiger partial charge in [0.25, 0.3) is 0 Å². The highest BCUT2D eigenvalue weighted by Crippen LogP contribution is 2.24. The molecule has 5 heteroatoms. The Balaban J connectivity index is 2.37. The van der Waals surface area contributed by atoms with Gasteiger partial charge in [0.05, 0.1) is 18.0 Å². The minimum absolute atomic E-state index is 0.213. The number of hydrogen-bond donors (Lipinski definition) is 3. The molecule has 0 saturated carbocycles. The molecule has 0 heterocycles. The van der Waals surface area contributed by atoms with E-state index in [4.69, 9.17) is 21.9 Å². The number of carbonyl (C=O) groups is 1. The summed E-state index contributed by atoms with van der Waals surface area (Å²) in [6.45, 7) is 2.58. The Bertz CT molecular complexity index is 424. The van der Waals surface area contributed by atoms with Crippen molar-refractivity contribution in [2.24, 2.45) is 0 Å². The van der Waals surface area contributed by atoms with Crippen molar-refractivity contribution >= 4 is 23.0 Å². The van der Waals surface area contributed by atoms with Gasteiger partial charge >= 0.3 is 5.97 Å². The van der Waals surface area contributed by atoms with E-state index in [0.717, 1.165) is 12.8 Å². The Morgan fingerprint density at radius 1 is 1.00 bits per heavy atom. The standard InChI is InChI=1S/C15H25N3O2/c1-2-3-4-5-6-7-8-20-15(19)14-12(17)9-11(16)10-13(14)18/h9-10H,2-8,16-18H2,1H3. The summed E-state index contributed by atoms with van der Waals surface area (Å²) in [4.78, 5) is 11.9. The average molecular weight is 279 g/mol. The monoisotopic (exact) mass is 279 g/mol. The van der Waals surface area contributed by atoms with Gasteiger partial charge in [-0.1, -0.05) is 39.0 Å². The summed E-state index contributed by atoms with van der Waals surface area (Å²) in [5.41, 5.74) is 18.3. The lowest BCUT2D eigenvalue weighted by Crippen LogP contribution is -2.12. The van der Waals surface area contributed by atoms with Crippen LogP contribution in [0.4, 0.5) is 17.1 Å². The summed E-state index contributed by atoms with van der Waals surface area (Å²) in [7, 11) is 0. The molecular formula is C15H25N3O2. The van der Waals surface area contributed by atoms with Crippen molar-refractivity contribution in [1.82, 2.24) is 0 Å². The molecule has 1 aromatic rings. The Morgan fingerprint density at radius 3 is 2.15 bits per heavy atom. The first kappa shape index (κ1) is 16.1. The van der Waals surface area contributed by atoms with Gasteiger partial charge in [-0.15, -0.1) is 0 Å². The fraction of sp³-hybridized carbons (Fsp3) is 0.533. The van der Waals surface area contributed by atoms with Crippen LogP contribution in [-0.2, 0) is 4.74 Å². The molecule has 0 radical (unpaired) electrons. The molecule has 1 aromatic carbocycles. The number of carbonyl (C=O) groups excluding carboxylic acids is 1. The van der Waals surface area contributed by atoms with E-state index in [1.54, 1.807) is 0 Å². The van der Waals surface area contributed by atoms with Crippen molar-refractivity contribution in [2.75, 3.05) is 23.8 Å². The van der Waals surface area contributed by atoms with E-state index in [9.17, 15) is 4.79 Å². The third kappa shape index (κ3) is 4.99. The van der Waals surface area contributed by atoms with Crippen LogP contribution in [0.5, 0.6) is 0 Å². The van der Waals surface area contributed by atoms with Crippen molar-refractivity contribution in [3.05, 3.63) is 17.7 Å². The van der Waals surface area contributed by atoms with E-state index in [1.165, 1.54) is 37.8 Å². The summed E-state index contributed by atoms with van der Waals surface area (Å²) in [6, 6.07) is 3.02. The van der Waals surface area contributed by atoms with Crippen molar-refractivity contribution < 1.29 is 9.53 Å². The largest absolute Gasteiger partial charge is 0.462 e. The zero-order chi connectivity index (χ0) is 15.0. The van der Waals surface area contributed by atoms with Gasteiger partial charge < -0.3 is 21.9 Å². The smallest absolute Gasteiger partial charge is 0.342 e. The number of anilines is 3. The number of nitrogens with two attached hydrogens (primary N) is 3. The second-order valence-corrected chi connectivity index (χ2v) is 4.98. The number of benzene rings is 1. The van der Waals surface area contributed by atoms with Crippen LogP contribution >= 0.6 is 0 Å². The summed E-state index contributed by atoms with van der Waals surface area (Å²) in [5, 5.41) is 0. The molecule has 0 amide bonds. The number of unbranched alkanes of at least 4 members (excludes halogenated alkanes) is 5. The van der Waals surface area contributed by atoms with Crippen LogP contribution in [-0.4, -0.2) is 12.6 Å². The van der Waals surface area contributed by atoms with Crippen molar-refractivity contribution in [1.29, 1.82) is 0 Å². The number of ether oxygens (including phenoxy) is 1. The Morgan fingerprint density at radius 2 is 1.55 bits per heavy atom. The van der Waals surface area contributed by atoms with Crippen LogP contribution in [0.2, 0.25) is 0 Å². The van der Waals surface area contributed by atoms with E-state index in [0.29, 0.717) is 12.3 Å². The lowest BCUT2D eigenvalue weighted by atomic mass is 10.1. The molecule has 0 saturated heterocycles. The predicted octanol–water partition coefficient (Wildman–Crippen LogP) is 2.95. The van der Waals surface area contributed by atoms with E-state index in [2.05, 4.69) is 6.92 Å². The van der Waals surface area contributed by atoms with Gasteiger partial charge in [-0.2, -0.15) is 0 Å². The molecule has 112 valence electrons. The van der Waals surface area contributed by atoms with Crippen LogP contribution in [0.15, 0.2) is 12.1 Å². The molecule has 0 aromatic heterocycles. The summed E-state index contributed by atoms with van der Waals surface area (Å²) in [5.74, 6) is -0.478. The van der Waals surface area contributed by atoms with Crippen molar-refractivity contribution in [2.45, 2.75) is 45.4 Å². The average Bonchev–Trinajstić information content (AvgIpc) is 2.36. The number of esters is 1. The van der Waals surface area contributed by atoms with Gasteiger partial charge in [-0.05, 0) is 18.6 Å². The Kier molecular flexibility index (Phi) is 6.70. The number of nitrogen functional groups attached to an aromatic ring is 3. The summed E-state index contributed by atoms with van der Waals surface area (Å²) >= 11 is 0. The molecule has 20 heavy (non-hydrogen) atoms. The third-order valence-electron chi connectivity index (χ3n) is 3.16. The van der Waals surface area contributed by atoms with E-state index >= 15 is 0 Å². The topological polar surface area (TPSA) is 104 Å². The van der Waals surface area contributed by atoms with E-state index < -0.39 is 5.97 Å². The lowest BCUT2D eigenvalue weighted by Gasteiger charge is -2.10. The maximum Gasteiger partial charge on any atom is 0.342 e. The summed E-state index contributed by atoms with van der Waals surface area (Å²) < 4.78 is 5.20. The molecule has 0 aliphatic carbocycles. The van der Waals surface area contributed by atoms with Gasteiger partial charge in [-0.3, -0.25) is 0 Å². The molecule has 0 bridgehead atoms. The maximum atomic E-state index is 11.9. The molecule has 0 aliphatic rings. The highest BCUT2D eigenvalue weighted by molar-refractivity contribution is 6.01. The number of rotatable bonds is 8. The molecule has 0 spiro atoms. The SMILES string of the molecule is CCCCCCCCOC(=O)c1c(N)cc(N)cc1N. The summed E-state index contributed by atoms with van der Waals surface area (Å²) in [6.07, 6.45) is 6.84. The van der Waals surface area contributed by atoms with Crippen LogP contribution in [0.3, 0.4) is 0 Å². The van der Waals surface area contributed by atoms with Gasteiger partial charge in [0, 0.05) is 5.69 Å². The van der Waals surface area contributed by atoms with E-state index in [1.807, 2.05) is 0 Å². The molecule has 0 unspecified atom stereocenters. The first-order valence-electron chi connectivity index (χ1n) is 7.17. The van der Waals surface area contributed by atoms with Gasteiger partial charge in [0.1, 0.15) is 5.56 Å². The fourth-order valence-electron chi connectivity index (χ4n) is 2.07. The normalized spacial score (nSPS) is 10.4. The fourth-order valence-corrected chi connectivity index (χ4v) is 2.07. The van der Waals surface area contributed by atoms with E-state index in [-0.39, 0.29) is 16.9 Å². The molecule has 1 rings (SSSR count). The Hall–Kier alpha value is -1.91. The minimum Gasteiger partial charge on any atom is -0.462 e. The third-order valence-corrected chi connectivity index (χ3v) is 3.16. The van der Waals surface area contributed by atoms with Crippen LogP contribution < -0.4 is 17.2 Å². The predicted molar refractivity (Wildman–Crippen MR) is 83.3 cm³/mol. The molecule has 0 aliphatic heterocycles. The van der Waals surface area contributed by atoms with Crippen LogP contribution in [0.1, 0.15) is 55.8 Å². The zero-order valence-corrected chi connectivity index (χ0v) is 12.2. The van der Waals surface area contributed by atoms with Crippen molar-refractivity contribution in [3.8, 4) is 0 Å². The van der Waals surface area contributed by atoms with Gasteiger partial charge in [0.2, 0.25) is 0 Å². The number of hydrogen-bond acceptors (Lipinski definition) is 5. The molecule has 0 fully saturated rings. The minimum atomic E-state index is -0.478. The van der Waals surface area contributed by atoms with Gasteiger partial charge in [-0.25, -0.2) is 4.79 Å². The van der Waals surface area contributed by atoms with Crippen molar-refractivity contribution in [3.63, 3.8) is 0 Å². The molecule has 0 atom stereocenters. The molecular weight excluding hydrogens is 254 g/mol. The second kappa shape index (κ2) is 8.30. The highest BCUT2D eigenvalue weighted by atomic mass is 16.5. The van der Waals surface area contributed by atoms with Crippen LogP contribution in [0.25, 0.3) is 0 Å². The Labute approximate surface area is 120 Å². The first-order chi connectivity index (χ1) is 9.56. The second-order valence-electron chi connectivity index (χ2n) is 4.98. The quantitative estimate of drug-likeness (QED) is 0.385. The lowest BCUT2D eigenvalue weighted by molar-refractivity contribution is 0.0500. The molecule has 5 nitrogen and oxygen atoms in total. The first-order valence-corrected chi connectivity index (χ1v) is 7.17.